The molecule has 0 unspecified atom stereocenters. The Morgan fingerprint density at radius 2 is 1.88 bits per heavy atom. The SMILES string of the molecule is O=C1N/C(=N\N=C\c2ccco2)S/C1=C/c1ccc(-c2ccccc2)o1. The van der Waals surface area contributed by atoms with E-state index in [1.54, 1.807) is 24.5 Å². The number of furan rings is 2. The van der Waals surface area contributed by atoms with E-state index in [1.807, 2.05) is 42.5 Å². The molecule has 0 atom stereocenters. The van der Waals surface area contributed by atoms with Gasteiger partial charge in [0.05, 0.1) is 17.4 Å². The minimum atomic E-state index is -0.236. The Hall–Kier alpha value is -3.32. The highest BCUT2D eigenvalue weighted by atomic mass is 32.2. The lowest BCUT2D eigenvalue weighted by molar-refractivity contribution is -0.115. The van der Waals surface area contributed by atoms with Crippen molar-refractivity contribution >= 4 is 35.1 Å². The van der Waals surface area contributed by atoms with Gasteiger partial charge in [-0.1, -0.05) is 30.3 Å². The molecule has 6 nitrogen and oxygen atoms in total. The Bertz CT molecular complexity index is 1000. The van der Waals surface area contributed by atoms with Crippen LogP contribution in [-0.2, 0) is 4.79 Å². The molecular formula is C19H13N3O3S. The van der Waals surface area contributed by atoms with Gasteiger partial charge < -0.3 is 8.83 Å². The standard InChI is InChI=1S/C19H13N3O3S/c23-18-17(26-19(21-18)22-20-12-15-7-4-10-24-15)11-14-8-9-16(25-14)13-5-2-1-3-6-13/h1-12H,(H,21,22,23)/b17-11+,20-12+. The van der Waals surface area contributed by atoms with Crippen LogP contribution in [0.1, 0.15) is 11.5 Å². The van der Waals surface area contributed by atoms with Crippen LogP contribution >= 0.6 is 11.8 Å². The first-order valence-electron chi connectivity index (χ1n) is 7.78. The molecule has 1 saturated heterocycles. The molecule has 4 rings (SSSR count). The van der Waals surface area contributed by atoms with Gasteiger partial charge in [0, 0.05) is 11.6 Å². The van der Waals surface area contributed by atoms with E-state index in [9.17, 15) is 4.79 Å². The Morgan fingerprint density at radius 1 is 1.00 bits per heavy atom. The van der Waals surface area contributed by atoms with Gasteiger partial charge in [0.1, 0.15) is 17.3 Å². The topological polar surface area (TPSA) is 80.1 Å². The second-order valence-electron chi connectivity index (χ2n) is 5.30. The van der Waals surface area contributed by atoms with Gasteiger partial charge in [-0.05, 0) is 36.0 Å². The second kappa shape index (κ2) is 7.28. The van der Waals surface area contributed by atoms with Crippen molar-refractivity contribution in [2.24, 2.45) is 10.2 Å². The van der Waals surface area contributed by atoms with Crippen molar-refractivity contribution in [2.75, 3.05) is 0 Å². The molecule has 26 heavy (non-hydrogen) atoms. The summed E-state index contributed by atoms with van der Waals surface area (Å²) in [5, 5.41) is 10.9. The number of carbonyl (C=O) groups excluding carboxylic acids is 1. The number of nitrogens with one attached hydrogen (secondary N) is 1. The summed E-state index contributed by atoms with van der Waals surface area (Å²) in [6.45, 7) is 0. The number of hydrogen-bond acceptors (Lipinski definition) is 6. The van der Waals surface area contributed by atoms with E-state index >= 15 is 0 Å². The summed E-state index contributed by atoms with van der Waals surface area (Å²) in [4.78, 5) is 12.6. The lowest BCUT2D eigenvalue weighted by Gasteiger charge is -1.95. The van der Waals surface area contributed by atoms with E-state index in [0.717, 1.165) is 11.3 Å². The van der Waals surface area contributed by atoms with E-state index in [4.69, 9.17) is 8.83 Å². The third-order valence-electron chi connectivity index (χ3n) is 3.49. The van der Waals surface area contributed by atoms with Crippen molar-refractivity contribution in [2.45, 2.75) is 0 Å². The summed E-state index contributed by atoms with van der Waals surface area (Å²) in [5.74, 6) is 1.70. The van der Waals surface area contributed by atoms with Gasteiger partial charge in [0.25, 0.3) is 5.91 Å². The molecule has 1 N–H and O–H groups in total. The van der Waals surface area contributed by atoms with Crippen LogP contribution in [0.4, 0.5) is 0 Å². The number of rotatable bonds is 4. The summed E-state index contributed by atoms with van der Waals surface area (Å²) < 4.78 is 10.9. The number of benzene rings is 1. The summed E-state index contributed by atoms with van der Waals surface area (Å²) in [5.41, 5.74) is 0.982. The van der Waals surface area contributed by atoms with Crippen molar-refractivity contribution in [1.29, 1.82) is 0 Å². The van der Waals surface area contributed by atoms with E-state index in [1.165, 1.54) is 18.0 Å². The Morgan fingerprint density at radius 3 is 2.69 bits per heavy atom. The molecule has 0 spiro atoms. The number of hydrogen-bond donors (Lipinski definition) is 1. The van der Waals surface area contributed by atoms with Crippen LogP contribution in [-0.4, -0.2) is 17.3 Å². The predicted octanol–water partition coefficient (Wildman–Crippen LogP) is 4.13. The van der Waals surface area contributed by atoms with Gasteiger partial charge in [0.2, 0.25) is 0 Å². The molecule has 1 aliphatic heterocycles. The van der Waals surface area contributed by atoms with Crippen LogP contribution in [0.3, 0.4) is 0 Å². The Balaban J connectivity index is 1.48. The van der Waals surface area contributed by atoms with Crippen molar-refractivity contribution in [3.8, 4) is 11.3 Å². The molecule has 3 heterocycles. The minimum absolute atomic E-state index is 0.236. The van der Waals surface area contributed by atoms with Crippen molar-refractivity contribution in [1.82, 2.24) is 5.32 Å². The van der Waals surface area contributed by atoms with Crippen molar-refractivity contribution in [3.05, 3.63) is 77.3 Å². The number of thioether (sulfide) groups is 1. The molecule has 2 aromatic heterocycles. The summed E-state index contributed by atoms with van der Waals surface area (Å²) >= 11 is 1.20. The fraction of sp³-hybridized carbons (Fsp3) is 0. The van der Waals surface area contributed by atoms with Crippen LogP contribution in [0, 0.1) is 0 Å². The zero-order valence-corrected chi connectivity index (χ0v) is 14.3. The van der Waals surface area contributed by atoms with Crippen LogP contribution in [0.25, 0.3) is 17.4 Å². The predicted molar refractivity (Wildman–Crippen MR) is 102 cm³/mol. The highest BCUT2D eigenvalue weighted by molar-refractivity contribution is 8.18. The van der Waals surface area contributed by atoms with E-state index in [2.05, 4.69) is 15.5 Å². The van der Waals surface area contributed by atoms with Crippen LogP contribution in [0.15, 0.2) is 84.8 Å². The smallest absolute Gasteiger partial charge is 0.264 e. The minimum Gasteiger partial charge on any atom is -0.463 e. The third-order valence-corrected chi connectivity index (χ3v) is 4.39. The third kappa shape index (κ3) is 3.68. The van der Waals surface area contributed by atoms with Gasteiger partial charge in [-0.3, -0.25) is 10.1 Å². The first kappa shape index (κ1) is 16.2. The van der Waals surface area contributed by atoms with E-state index in [0.29, 0.717) is 21.6 Å². The highest BCUT2D eigenvalue weighted by Gasteiger charge is 2.24. The number of amidine groups is 1. The first-order valence-corrected chi connectivity index (χ1v) is 8.60. The summed E-state index contributed by atoms with van der Waals surface area (Å²) in [6, 6.07) is 17.0. The van der Waals surface area contributed by atoms with E-state index < -0.39 is 0 Å². The first-order chi connectivity index (χ1) is 12.8. The summed E-state index contributed by atoms with van der Waals surface area (Å²) in [6.07, 6.45) is 4.71. The monoisotopic (exact) mass is 363 g/mol. The summed E-state index contributed by atoms with van der Waals surface area (Å²) in [7, 11) is 0. The molecule has 0 aliphatic carbocycles. The van der Waals surface area contributed by atoms with Crippen LogP contribution < -0.4 is 5.32 Å². The zero-order valence-electron chi connectivity index (χ0n) is 13.5. The van der Waals surface area contributed by atoms with Crippen molar-refractivity contribution in [3.63, 3.8) is 0 Å². The Kier molecular flexibility index (Phi) is 4.53. The molecule has 0 saturated carbocycles. The van der Waals surface area contributed by atoms with Gasteiger partial charge >= 0.3 is 0 Å². The van der Waals surface area contributed by atoms with Gasteiger partial charge in [0.15, 0.2) is 5.17 Å². The lowest BCUT2D eigenvalue weighted by Crippen LogP contribution is -2.19. The van der Waals surface area contributed by atoms with Gasteiger partial charge in [-0.2, -0.15) is 5.10 Å². The molecule has 1 fully saturated rings. The number of carbonyl (C=O) groups is 1. The molecule has 1 aliphatic rings. The normalized spacial score (nSPS) is 17.5. The molecule has 3 aromatic rings. The van der Waals surface area contributed by atoms with Gasteiger partial charge in [-0.25, -0.2) is 0 Å². The second-order valence-corrected chi connectivity index (χ2v) is 6.33. The molecule has 1 aromatic carbocycles. The molecule has 128 valence electrons. The maximum atomic E-state index is 12.1. The van der Waals surface area contributed by atoms with Crippen LogP contribution in [0.2, 0.25) is 0 Å². The van der Waals surface area contributed by atoms with Gasteiger partial charge in [-0.15, -0.1) is 5.10 Å². The molecule has 0 radical (unpaired) electrons. The van der Waals surface area contributed by atoms with Crippen molar-refractivity contribution < 1.29 is 13.6 Å². The average molecular weight is 363 g/mol. The highest BCUT2D eigenvalue weighted by Crippen LogP contribution is 2.28. The fourth-order valence-electron chi connectivity index (χ4n) is 2.30. The molecule has 0 bridgehead atoms. The quantitative estimate of drug-likeness (QED) is 0.429. The zero-order chi connectivity index (χ0) is 17.8. The number of amides is 1. The lowest BCUT2D eigenvalue weighted by atomic mass is 10.2. The molecular weight excluding hydrogens is 350 g/mol. The maximum Gasteiger partial charge on any atom is 0.264 e. The number of nitrogens with zero attached hydrogens (tertiary/aromatic N) is 2. The fourth-order valence-corrected chi connectivity index (χ4v) is 3.05. The molecule has 7 heteroatoms. The van der Waals surface area contributed by atoms with E-state index in [-0.39, 0.29) is 5.91 Å². The van der Waals surface area contributed by atoms with Crippen LogP contribution in [0.5, 0.6) is 0 Å². The Labute approximate surface area is 153 Å². The maximum absolute atomic E-state index is 12.1. The average Bonchev–Trinajstić information content (AvgIpc) is 3.39. The largest absolute Gasteiger partial charge is 0.463 e. The molecule has 1 amide bonds.